The van der Waals surface area contributed by atoms with Crippen molar-refractivity contribution >= 4 is 52.3 Å². The van der Waals surface area contributed by atoms with Gasteiger partial charge < -0.3 is 10.6 Å². The van der Waals surface area contributed by atoms with Crippen LogP contribution >= 0.6 is 34.9 Å². The molecule has 0 aliphatic heterocycles. The number of nitrogens with zero attached hydrogens (tertiary/aromatic N) is 4. The first-order chi connectivity index (χ1) is 14.9. The summed E-state index contributed by atoms with van der Waals surface area (Å²) in [6.45, 7) is 4.18. The first-order valence-corrected chi connectivity index (χ1v) is 12.3. The van der Waals surface area contributed by atoms with Crippen LogP contribution in [-0.4, -0.2) is 43.7 Å². The molecule has 0 bridgehead atoms. The summed E-state index contributed by atoms with van der Waals surface area (Å²) in [6.07, 6.45) is 0. The van der Waals surface area contributed by atoms with Crippen LogP contribution in [0.25, 0.3) is 0 Å². The molecule has 0 saturated heterocycles. The maximum absolute atomic E-state index is 12.9. The number of aromatic amines is 1. The lowest BCUT2D eigenvalue weighted by Crippen LogP contribution is -2.41. The Labute approximate surface area is 191 Å². The molecule has 1 aromatic carbocycles. The fourth-order valence-corrected chi connectivity index (χ4v) is 5.65. The minimum absolute atomic E-state index is 0.0249. The number of thioether (sulfide) groups is 2. The standard InChI is InChI=1S/C19H22N6O3S3/c1-3-24(13(26)11-30-19-23-22-18(31-19)29-4-2)14-15(20)25(17(28)21-16(14)27)10-12-8-6-5-7-9-12/h5-9H,3-4,10-11,20H2,1-2H3,(H,21,27,28). The van der Waals surface area contributed by atoms with Crippen molar-refractivity contribution in [3.8, 4) is 0 Å². The normalized spacial score (nSPS) is 10.9. The topological polar surface area (TPSA) is 127 Å². The molecule has 3 N–H and O–H groups in total. The Kier molecular flexibility index (Phi) is 7.93. The van der Waals surface area contributed by atoms with Crippen LogP contribution in [0.1, 0.15) is 19.4 Å². The van der Waals surface area contributed by atoms with E-state index in [4.69, 9.17) is 5.73 Å². The van der Waals surface area contributed by atoms with Crippen molar-refractivity contribution in [1.82, 2.24) is 19.7 Å². The van der Waals surface area contributed by atoms with Crippen LogP contribution in [0.2, 0.25) is 0 Å². The Morgan fingerprint density at radius 2 is 1.84 bits per heavy atom. The van der Waals surface area contributed by atoms with Gasteiger partial charge in [0.25, 0.3) is 5.56 Å². The van der Waals surface area contributed by atoms with Gasteiger partial charge in [0.1, 0.15) is 5.82 Å². The van der Waals surface area contributed by atoms with E-state index in [1.165, 1.54) is 32.6 Å². The van der Waals surface area contributed by atoms with Gasteiger partial charge in [-0.15, -0.1) is 10.2 Å². The number of nitrogen functional groups attached to an aromatic ring is 1. The van der Waals surface area contributed by atoms with Crippen LogP contribution in [0.4, 0.5) is 11.5 Å². The van der Waals surface area contributed by atoms with E-state index in [0.717, 1.165) is 15.7 Å². The molecule has 12 heteroatoms. The van der Waals surface area contributed by atoms with Gasteiger partial charge in [-0.1, -0.05) is 72.1 Å². The second kappa shape index (κ2) is 10.6. The van der Waals surface area contributed by atoms with Gasteiger partial charge in [0, 0.05) is 6.54 Å². The zero-order valence-corrected chi connectivity index (χ0v) is 19.5. The molecule has 164 valence electrons. The largest absolute Gasteiger partial charge is 0.383 e. The molecule has 3 rings (SSSR count). The molecule has 0 aliphatic rings. The van der Waals surface area contributed by atoms with Gasteiger partial charge in [-0.25, -0.2) is 4.79 Å². The molecule has 1 amide bonds. The average Bonchev–Trinajstić information content (AvgIpc) is 3.21. The Morgan fingerprint density at radius 1 is 1.16 bits per heavy atom. The first kappa shape index (κ1) is 23.1. The summed E-state index contributed by atoms with van der Waals surface area (Å²) in [5.41, 5.74) is 5.72. The maximum Gasteiger partial charge on any atom is 0.330 e. The zero-order valence-electron chi connectivity index (χ0n) is 17.0. The quantitative estimate of drug-likeness (QED) is 0.449. The maximum atomic E-state index is 12.9. The third-order valence-electron chi connectivity index (χ3n) is 4.26. The molecule has 3 aromatic rings. The number of hydrogen-bond acceptors (Lipinski definition) is 9. The number of amides is 1. The summed E-state index contributed by atoms with van der Waals surface area (Å²) < 4.78 is 2.78. The molecule has 0 unspecified atom stereocenters. The number of nitrogens with one attached hydrogen (secondary N) is 1. The van der Waals surface area contributed by atoms with Crippen LogP contribution in [0.3, 0.4) is 0 Å². The monoisotopic (exact) mass is 478 g/mol. The molecule has 31 heavy (non-hydrogen) atoms. The van der Waals surface area contributed by atoms with E-state index in [1.54, 1.807) is 18.7 Å². The minimum atomic E-state index is -0.690. The van der Waals surface area contributed by atoms with Gasteiger partial charge >= 0.3 is 5.69 Å². The lowest BCUT2D eigenvalue weighted by atomic mass is 10.2. The second-order valence-corrected chi connectivity index (χ2v) is 9.97. The molecule has 0 radical (unpaired) electrons. The average molecular weight is 479 g/mol. The summed E-state index contributed by atoms with van der Waals surface area (Å²) in [4.78, 5) is 41.4. The van der Waals surface area contributed by atoms with Crippen molar-refractivity contribution in [2.75, 3.05) is 28.7 Å². The third-order valence-corrected chi connectivity index (χ3v) is 7.32. The van der Waals surface area contributed by atoms with Gasteiger partial charge in [0.05, 0.1) is 12.3 Å². The number of hydrogen-bond donors (Lipinski definition) is 2. The Balaban J connectivity index is 1.84. The summed E-state index contributed by atoms with van der Waals surface area (Å²) in [6, 6.07) is 9.26. The van der Waals surface area contributed by atoms with Gasteiger partial charge in [-0.3, -0.25) is 19.1 Å². The molecule has 0 aliphatic carbocycles. The number of nitrogens with two attached hydrogens (primary N) is 1. The summed E-state index contributed by atoms with van der Waals surface area (Å²) in [7, 11) is 0. The van der Waals surface area contributed by atoms with Crippen molar-refractivity contribution < 1.29 is 4.79 Å². The molecule has 0 spiro atoms. The molecule has 9 nitrogen and oxygen atoms in total. The molecule has 0 saturated carbocycles. The SMILES string of the molecule is CCSc1nnc(SCC(=O)N(CC)c2c(N)n(Cc3ccccc3)c(=O)[nH]c2=O)s1. The van der Waals surface area contributed by atoms with E-state index >= 15 is 0 Å². The van der Waals surface area contributed by atoms with E-state index in [0.29, 0.717) is 4.34 Å². The Hall–Kier alpha value is -2.57. The predicted molar refractivity (Wildman–Crippen MR) is 126 cm³/mol. The highest BCUT2D eigenvalue weighted by Crippen LogP contribution is 2.29. The van der Waals surface area contributed by atoms with Crippen LogP contribution in [0.5, 0.6) is 0 Å². The molecule has 2 heterocycles. The molecule has 0 atom stereocenters. The van der Waals surface area contributed by atoms with Gasteiger partial charge in [0.2, 0.25) is 5.91 Å². The van der Waals surface area contributed by atoms with Crippen molar-refractivity contribution in [3.05, 3.63) is 56.7 Å². The lowest BCUT2D eigenvalue weighted by molar-refractivity contribution is -0.116. The smallest absolute Gasteiger partial charge is 0.330 e. The third kappa shape index (κ3) is 5.57. The predicted octanol–water partition coefficient (Wildman–Crippen LogP) is 2.28. The molecular formula is C19H22N6O3S3. The fraction of sp³-hybridized carbons (Fsp3) is 0.316. The van der Waals surface area contributed by atoms with Crippen LogP contribution in [-0.2, 0) is 11.3 Å². The lowest BCUT2D eigenvalue weighted by Gasteiger charge is -2.23. The van der Waals surface area contributed by atoms with Crippen LogP contribution in [0, 0.1) is 0 Å². The number of carbonyl (C=O) groups excluding carboxylic acids is 1. The number of H-pyrrole nitrogens is 1. The van der Waals surface area contributed by atoms with Gasteiger partial charge in [-0.2, -0.15) is 0 Å². The summed E-state index contributed by atoms with van der Waals surface area (Å²) in [5.74, 6) is 0.600. The number of benzene rings is 1. The zero-order chi connectivity index (χ0) is 22.4. The Bertz CT molecular complexity index is 1160. The summed E-state index contributed by atoms with van der Waals surface area (Å²) in [5, 5.41) is 8.14. The van der Waals surface area contributed by atoms with E-state index in [-0.39, 0.29) is 36.3 Å². The highest BCUT2D eigenvalue weighted by atomic mass is 32.2. The van der Waals surface area contributed by atoms with E-state index in [1.807, 2.05) is 37.3 Å². The fourth-order valence-electron chi connectivity index (χ4n) is 2.86. The van der Waals surface area contributed by atoms with Crippen molar-refractivity contribution in [2.45, 2.75) is 29.1 Å². The number of anilines is 2. The minimum Gasteiger partial charge on any atom is -0.383 e. The number of rotatable bonds is 9. The van der Waals surface area contributed by atoms with E-state index in [2.05, 4.69) is 15.2 Å². The highest BCUT2D eigenvalue weighted by molar-refractivity contribution is 8.03. The van der Waals surface area contributed by atoms with Crippen LogP contribution < -0.4 is 21.9 Å². The second-order valence-electron chi connectivity index (χ2n) is 6.26. The van der Waals surface area contributed by atoms with E-state index in [9.17, 15) is 14.4 Å². The molecular weight excluding hydrogens is 456 g/mol. The van der Waals surface area contributed by atoms with Gasteiger partial charge in [-0.05, 0) is 18.2 Å². The molecule has 0 fully saturated rings. The summed E-state index contributed by atoms with van der Waals surface area (Å²) >= 11 is 4.26. The van der Waals surface area contributed by atoms with Crippen molar-refractivity contribution in [1.29, 1.82) is 0 Å². The number of aromatic nitrogens is 4. The van der Waals surface area contributed by atoms with Crippen LogP contribution in [0.15, 0.2) is 48.6 Å². The number of carbonyl (C=O) groups is 1. The van der Waals surface area contributed by atoms with Gasteiger partial charge in [0.15, 0.2) is 14.4 Å². The first-order valence-electron chi connectivity index (χ1n) is 9.50. The van der Waals surface area contributed by atoms with Crippen molar-refractivity contribution in [2.24, 2.45) is 0 Å². The van der Waals surface area contributed by atoms with Crippen molar-refractivity contribution in [3.63, 3.8) is 0 Å². The Morgan fingerprint density at radius 3 is 2.48 bits per heavy atom. The molecule has 2 aromatic heterocycles. The van der Waals surface area contributed by atoms with E-state index < -0.39 is 11.2 Å². The highest BCUT2D eigenvalue weighted by Gasteiger charge is 2.23.